The van der Waals surface area contributed by atoms with Crippen LogP contribution in [0.4, 0.5) is 4.79 Å². The molecule has 1 saturated heterocycles. The highest BCUT2D eigenvalue weighted by Gasteiger charge is 2.41. The summed E-state index contributed by atoms with van der Waals surface area (Å²) in [6, 6.07) is 18.2. The van der Waals surface area contributed by atoms with Crippen LogP contribution in [0.3, 0.4) is 0 Å². The van der Waals surface area contributed by atoms with Gasteiger partial charge in [0.05, 0.1) is 23.5 Å². The van der Waals surface area contributed by atoms with E-state index in [2.05, 4.69) is 17.2 Å². The number of esters is 1. The molecule has 0 bridgehead atoms. The van der Waals surface area contributed by atoms with E-state index in [0.29, 0.717) is 17.0 Å². The van der Waals surface area contributed by atoms with Crippen molar-refractivity contribution in [2.45, 2.75) is 26.0 Å². The van der Waals surface area contributed by atoms with E-state index >= 15 is 0 Å². The number of carbonyl (C=O) groups excluding carboxylic acids is 2. The molecule has 1 aliphatic heterocycles. The van der Waals surface area contributed by atoms with Gasteiger partial charge in [0.1, 0.15) is 5.92 Å². The first-order valence-corrected chi connectivity index (χ1v) is 10.1. The van der Waals surface area contributed by atoms with Crippen molar-refractivity contribution in [3.05, 3.63) is 84.7 Å². The maximum absolute atomic E-state index is 12.9. The molecule has 1 aromatic heterocycles. The Morgan fingerprint density at radius 2 is 1.74 bits per heavy atom. The molecule has 0 spiro atoms. The van der Waals surface area contributed by atoms with E-state index in [1.807, 2.05) is 66.9 Å². The van der Waals surface area contributed by atoms with Crippen LogP contribution in [-0.4, -0.2) is 27.9 Å². The van der Waals surface area contributed by atoms with Crippen molar-refractivity contribution < 1.29 is 14.3 Å². The molecule has 2 atom stereocenters. The number of para-hydroxylation sites is 1. The molecule has 158 valence electrons. The van der Waals surface area contributed by atoms with Gasteiger partial charge in [0.25, 0.3) is 0 Å². The van der Waals surface area contributed by atoms with E-state index in [1.165, 1.54) is 0 Å². The molecule has 7 nitrogen and oxygen atoms in total. The Kier molecular flexibility index (Phi) is 5.58. The number of carbonyl (C=O) groups is 2. The van der Waals surface area contributed by atoms with Crippen molar-refractivity contribution >= 4 is 12.0 Å². The Hall–Kier alpha value is -3.87. The van der Waals surface area contributed by atoms with Gasteiger partial charge in [-0.15, -0.1) is 0 Å². The first-order chi connectivity index (χ1) is 14.9. The third-order valence-electron chi connectivity index (χ3n) is 5.02. The quantitative estimate of drug-likeness (QED) is 0.616. The topological polar surface area (TPSA) is 85.3 Å². The number of ether oxygens (including phenoxy) is 1. The molecule has 3 aromatic rings. The molecular weight excluding hydrogens is 392 g/mol. The van der Waals surface area contributed by atoms with Crippen molar-refractivity contribution in [1.82, 2.24) is 20.4 Å². The lowest BCUT2D eigenvalue weighted by Gasteiger charge is -2.33. The fraction of sp³-hybridized carbons (Fsp3) is 0.208. The Labute approximate surface area is 180 Å². The Bertz CT molecular complexity index is 1110. The van der Waals surface area contributed by atoms with E-state index in [0.717, 1.165) is 11.3 Å². The number of nitrogens with one attached hydrogen (secondary N) is 2. The highest BCUT2D eigenvalue weighted by molar-refractivity contribution is 5.86. The van der Waals surface area contributed by atoms with Gasteiger partial charge < -0.3 is 15.4 Å². The number of benzene rings is 2. The van der Waals surface area contributed by atoms with E-state index in [9.17, 15) is 9.59 Å². The lowest BCUT2D eigenvalue weighted by Crippen LogP contribution is -2.51. The molecule has 0 radical (unpaired) electrons. The fourth-order valence-corrected chi connectivity index (χ4v) is 3.67. The Morgan fingerprint density at radius 3 is 2.39 bits per heavy atom. The molecule has 2 amide bonds. The smallest absolute Gasteiger partial charge is 0.319 e. The third-order valence-corrected chi connectivity index (χ3v) is 5.02. The van der Waals surface area contributed by atoms with Crippen LogP contribution in [0.25, 0.3) is 16.9 Å². The standard InChI is InChI=1S/C24H24N4O3/c1-15(2)31-23(29)20-16(3)25-24(30)26-22(20)19-14-28(18-12-8-5-9-13-18)27-21(19)17-10-6-4-7-11-17/h4-15,20,22H,3H2,1-2H3,(H2,25,26,30)/t20-,22+/m0/s1. The number of urea groups is 1. The lowest BCUT2D eigenvalue weighted by molar-refractivity contribution is -0.152. The van der Waals surface area contributed by atoms with Gasteiger partial charge in [-0.2, -0.15) is 5.10 Å². The number of amides is 2. The minimum absolute atomic E-state index is 0.292. The summed E-state index contributed by atoms with van der Waals surface area (Å²) in [6.45, 7) is 7.49. The van der Waals surface area contributed by atoms with Crippen LogP contribution < -0.4 is 10.6 Å². The van der Waals surface area contributed by atoms with Crippen molar-refractivity contribution in [2.24, 2.45) is 5.92 Å². The average molecular weight is 416 g/mol. The van der Waals surface area contributed by atoms with Crippen LogP contribution in [0, 0.1) is 5.92 Å². The van der Waals surface area contributed by atoms with E-state index in [-0.39, 0.29) is 6.10 Å². The molecule has 0 aliphatic carbocycles. The number of rotatable bonds is 5. The molecule has 2 N–H and O–H groups in total. The molecule has 0 unspecified atom stereocenters. The largest absolute Gasteiger partial charge is 0.462 e. The van der Waals surface area contributed by atoms with Gasteiger partial charge in [-0.1, -0.05) is 55.1 Å². The van der Waals surface area contributed by atoms with E-state index < -0.39 is 24.0 Å². The molecule has 31 heavy (non-hydrogen) atoms. The molecule has 0 saturated carbocycles. The zero-order chi connectivity index (χ0) is 22.0. The van der Waals surface area contributed by atoms with Gasteiger partial charge in [-0.3, -0.25) is 4.79 Å². The predicted molar refractivity (Wildman–Crippen MR) is 117 cm³/mol. The Balaban J connectivity index is 1.85. The summed E-state index contributed by atoms with van der Waals surface area (Å²) in [5.74, 6) is -1.25. The van der Waals surface area contributed by atoms with Crippen molar-refractivity contribution in [3.63, 3.8) is 0 Å². The summed E-state index contributed by atoms with van der Waals surface area (Å²) in [7, 11) is 0. The summed E-state index contributed by atoms with van der Waals surface area (Å²) in [4.78, 5) is 25.2. The summed E-state index contributed by atoms with van der Waals surface area (Å²) >= 11 is 0. The SMILES string of the molecule is C=C1NC(=O)N[C@H](c2cn(-c3ccccc3)nc2-c2ccccc2)[C@H]1C(=O)OC(C)C. The van der Waals surface area contributed by atoms with Gasteiger partial charge >= 0.3 is 12.0 Å². The first-order valence-electron chi connectivity index (χ1n) is 10.1. The second-order valence-corrected chi connectivity index (χ2v) is 7.64. The summed E-state index contributed by atoms with van der Waals surface area (Å²) in [6.07, 6.45) is 1.55. The zero-order valence-electron chi connectivity index (χ0n) is 17.4. The lowest BCUT2D eigenvalue weighted by atomic mass is 9.88. The summed E-state index contributed by atoms with van der Waals surface area (Å²) < 4.78 is 7.22. The van der Waals surface area contributed by atoms with E-state index in [4.69, 9.17) is 9.84 Å². The predicted octanol–water partition coefficient (Wildman–Crippen LogP) is 3.97. The van der Waals surface area contributed by atoms with Gasteiger partial charge in [0.2, 0.25) is 0 Å². The zero-order valence-corrected chi connectivity index (χ0v) is 17.4. The van der Waals surface area contributed by atoms with Crippen LogP contribution >= 0.6 is 0 Å². The number of hydrogen-bond acceptors (Lipinski definition) is 4. The molecule has 2 aromatic carbocycles. The van der Waals surface area contributed by atoms with Crippen LogP contribution in [0.15, 0.2) is 79.1 Å². The molecule has 2 heterocycles. The number of aromatic nitrogens is 2. The van der Waals surface area contributed by atoms with Crippen molar-refractivity contribution in [1.29, 1.82) is 0 Å². The van der Waals surface area contributed by atoms with Crippen LogP contribution in [0.1, 0.15) is 25.5 Å². The minimum atomic E-state index is -0.795. The van der Waals surface area contributed by atoms with Crippen LogP contribution in [-0.2, 0) is 9.53 Å². The van der Waals surface area contributed by atoms with Crippen LogP contribution in [0.2, 0.25) is 0 Å². The van der Waals surface area contributed by atoms with Crippen molar-refractivity contribution in [3.8, 4) is 16.9 Å². The van der Waals surface area contributed by atoms with Gasteiger partial charge in [-0.25, -0.2) is 9.48 Å². The molecule has 4 rings (SSSR count). The molecular formula is C24H24N4O3. The first kappa shape index (κ1) is 20.4. The Morgan fingerprint density at radius 1 is 1.10 bits per heavy atom. The van der Waals surface area contributed by atoms with Gasteiger partial charge in [0, 0.05) is 23.0 Å². The monoisotopic (exact) mass is 416 g/mol. The highest BCUT2D eigenvalue weighted by Crippen LogP contribution is 2.36. The van der Waals surface area contributed by atoms with E-state index in [1.54, 1.807) is 18.5 Å². The highest BCUT2D eigenvalue weighted by atomic mass is 16.5. The second kappa shape index (κ2) is 8.47. The van der Waals surface area contributed by atoms with Crippen molar-refractivity contribution in [2.75, 3.05) is 0 Å². The fourth-order valence-electron chi connectivity index (χ4n) is 3.67. The maximum Gasteiger partial charge on any atom is 0.319 e. The number of nitrogens with zero attached hydrogens (tertiary/aromatic N) is 2. The minimum Gasteiger partial charge on any atom is -0.462 e. The molecule has 1 aliphatic rings. The van der Waals surface area contributed by atoms with Gasteiger partial charge in [0.15, 0.2) is 0 Å². The maximum atomic E-state index is 12.9. The second-order valence-electron chi connectivity index (χ2n) is 7.64. The third kappa shape index (κ3) is 4.21. The average Bonchev–Trinajstić information content (AvgIpc) is 3.19. The summed E-state index contributed by atoms with van der Waals surface area (Å²) in [5, 5.41) is 10.3. The normalized spacial score (nSPS) is 18.4. The van der Waals surface area contributed by atoms with Crippen LogP contribution in [0.5, 0.6) is 0 Å². The molecule has 7 heteroatoms. The summed E-state index contributed by atoms with van der Waals surface area (Å²) in [5.41, 5.74) is 3.42. The molecule has 1 fully saturated rings. The number of hydrogen-bond donors (Lipinski definition) is 2. The van der Waals surface area contributed by atoms with Gasteiger partial charge in [-0.05, 0) is 26.0 Å².